The Morgan fingerprint density at radius 3 is 2.47 bits per heavy atom. The van der Waals surface area contributed by atoms with Gasteiger partial charge in [-0.3, -0.25) is 9.59 Å². The van der Waals surface area contributed by atoms with E-state index in [0.29, 0.717) is 31.7 Å². The number of carbonyl (C=O) groups is 3. The van der Waals surface area contributed by atoms with Crippen LogP contribution >= 0.6 is 0 Å². The van der Waals surface area contributed by atoms with Crippen LogP contribution in [-0.4, -0.2) is 65.9 Å². The minimum absolute atomic E-state index is 0.0115. The second kappa shape index (κ2) is 11.9. The van der Waals surface area contributed by atoms with Crippen LogP contribution in [-0.2, 0) is 4.79 Å². The Balaban J connectivity index is 1.67. The lowest BCUT2D eigenvalue weighted by Crippen LogP contribution is -2.61. The standard InChI is InChI=1S/C27H38N4O3/c1-5-7-14-28-27(34)31-16-15-30(18-20(31)4)26(33)24(19(3)6-2)29-25(32)23-13-12-21-10-8-9-11-22(21)17-23/h8-13,17,19-20,24H,5-7,14-16,18H2,1-4H3,(H,28,34)(H,29,32). The molecule has 0 bridgehead atoms. The van der Waals surface area contributed by atoms with Gasteiger partial charge in [-0.05, 0) is 42.2 Å². The van der Waals surface area contributed by atoms with Gasteiger partial charge < -0.3 is 20.4 Å². The second-order valence-electron chi connectivity index (χ2n) is 9.31. The summed E-state index contributed by atoms with van der Waals surface area (Å²) in [6.45, 7) is 10.1. The van der Waals surface area contributed by atoms with Crippen LogP contribution in [0.5, 0.6) is 0 Å². The van der Waals surface area contributed by atoms with E-state index in [9.17, 15) is 14.4 Å². The summed E-state index contributed by atoms with van der Waals surface area (Å²) in [5.41, 5.74) is 0.543. The molecule has 7 nitrogen and oxygen atoms in total. The predicted octanol–water partition coefficient (Wildman–Crippen LogP) is 4.03. The molecule has 0 aromatic heterocycles. The smallest absolute Gasteiger partial charge is 0.317 e. The molecule has 0 radical (unpaired) electrons. The molecular formula is C27H38N4O3. The second-order valence-corrected chi connectivity index (χ2v) is 9.31. The third-order valence-electron chi connectivity index (χ3n) is 6.78. The van der Waals surface area contributed by atoms with Crippen LogP contribution in [0.25, 0.3) is 10.8 Å². The first-order valence-corrected chi connectivity index (χ1v) is 12.5. The van der Waals surface area contributed by atoms with Crippen molar-refractivity contribution >= 4 is 28.6 Å². The van der Waals surface area contributed by atoms with Gasteiger partial charge in [-0.1, -0.05) is 63.9 Å². The van der Waals surface area contributed by atoms with Gasteiger partial charge in [-0.25, -0.2) is 4.79 Å². The van der Waals surface area contributed by atoms with Crippen molar-refractivity contribution in [2.45, 2.75) is 59.0 Å². The zero-order valence-electron chi connectivity index (χ0n) is 20.8. The van der Waals surface area contributed by atoms with E-state index >= 15 is 0 Å². The van der Waals surface area contributed by atoms with Gasteiger partial charge in [0.1, 0.15) is 6.04 Å². The van der Waals surface area contributed by atoms with Crippen molar-refractivity contribution in [3.63, 3.8) is 0 Å². The molecule has 0 saturated carbocycles. The number of amides is 4. The molecule has 0 spiro atoms. The molecule has 34 heavy (non-hydrogen) atoms. The zero-order valence-corrected chi connectivity index (χ0v) is 20.8. The van der Waals surface area contributed by atoms with Crippen LogP contribution in [0.3, 0.4) is 0 Å². The minimum atomic E-state index is -0.610. The fourth-order valence-electron chi connectivity index (χ4n) is 4.37. The summed E-state index contributed by atoms with van der Waals surface area (Å²) < 4.78 is 0. The molecule has 1 fully saturated rings. The number of hydrogen-bond acceptors (Lipinski definition) is 3. The van der Waals surface area contributed by atoms with Crippen LogP contribution in [0.15, 0.2) is 42.5 Å². The monoisotopic (exact) mass is 466 g/mol. The predicted molar refractivity (Wildman–Crippen MR) is 136 cm³/mol. The minimum Gasteiger partial charge on any atom is -0.340 e. The molecule has 184 valence electrons. The average Bonchev–Trinajstić information content (AvgIpc) is 2.85. The zero-order chi connectivity index (χ0) is 24.7. The summed E-state index contributed by atoms with van der Waals surface area (Å²) in [6.07, 6.45) is 2.75. The molecule has 4 amide bonds. The van der Waals surface area contributed by atoms with Crippen LogP contribution in [0, 0.1) is 5.92 Å². The van der Waals surface area contributed by atoms with Crippen molar-refractivity contribution in [2.24, 2.45) is 5.92 Å². The topological polar surface area (TPSA) is 81.8 Å². The van der Waals surface area contributed by atoms with E-state index in [4.69, 9.17) is 0 Å². The van der Waals surface area contributed by atoms with E-state index in [1.807, 2.05) is 57.2 Å². The summed E-state index contributed by atoms with van der Waals surface area (Å²) in [4.78, 5) is 42.7. The number of fused-ring (bicyclic) bond motifs is 1. The van der Waals surface area contributed by atoms with Crippen molar-refractivity contribution < 1.29 is 14.4 Å². The number of nitrogens with one attached hydrogen (secondary N) is 2. The Kier molecular flexibility index (Phi) is 8.91. The Bertz CT molecular complexity index is 1010. The fraction of sp³-hybridized carbons (Fsp3) is 0.519. The first-order chi connectivity index (χ1) is 16.3. The van der Waals surface area contributed by atoms with Crippen molar-refractivity contribution in [1.29, 1.82) is 0 Å². The normalized spacial score (nSPS) is 17.8. The fourth-order valence-corrected chi connectivity index (χ4v) is 4.37. The maximum Gasteiger partial charge on any atom is 0.317 e. The molecular weight excluding hydrogens is 428 g/mol. The average molecular weight is 467 g/mol. The molecule has 3 unspecified atom stereocenters. The third-order valence-corrected chi connectivity index (χ3v) is 6.78. The van der Waals surface area contributed by atoms with Crippen molar-refractivity contribution in [1.82, 2.24) is 20.4 Å². The van der Waals surface area contributed by atoms with Gasteiger partial charge in [0.15, 0.2) is 0 Å². The van der Waals surface area contributed by atoms with E-state index in [1.165, 1.54) is 0 Å². The van der Waals surface area contributed by atoms with E-state index in [-0.39, 0.29) is 29.8 Å². The Labute approximate surface area is 202 Å². The summed E-state index contributed by atoms with van der Waals surface area (Å²) in [6, 6.07) is 12.7. The maximum atomic E-state index is 13.5. The van der Waals surface area contributed by atoms with Gasteiger partial charge >= 0.3 is 6.03 Å². The summed E-state index contributed by atoms with van der Waals surface area (Å²) in [7, 11) is 0. The summed E-state index contributed by atoms with van der Waals surface area (Å²) >= 11 is 0. The quantitative estimate of drug-likeness (QED) is 0.577. The highest BCUT2D eigenvalue weighted by Gasteiger charge is 2.35. The maximum absolute atomic E-state index is 13.5. The number of unbranched alkanes of at least 4 members (excludes halogenated alkanes) is 1. The van der Waals surface area contributed by atoms with Gasteiger partial charge in [0.25, 0.3) is 5.91 Å². The van der Waals surface area contributed by atoms with Crippen LogP contribution in [0.4, 0.5) is 4.79 Å². The van der Waals surface area contributed by atoms with Gasteiger partial charge in [0.05, 0.1) is 0 Å². The molecule has 1 heterocycles. The molecule has 2 aromatic carbocycles. The van der Waals surface area contributed by atoms with Crippen molar-refractivity contribution in [2.75, 3.05) is 26.2 Å². The Morgan fingerprint density at radius 2 is 1.79 bits per heavy atom. The lowest BCUT2D eigenvalue weighted by molar-refractivity contribution is -0.136. The van der Waals surface area contributed by atoms with Gasteiger partial charge in [-0.15, -0.1) is 0 Å². The number of rotatable bonds is 8. The van der Waals surface area contributed by atoms with Crippen LogP contribution in [0.2, 0.25) is 0 Å². The lowest BCUT2D eigenvalue weighted by Gasteiger charge is -2.41. The SMILES string of the molecule is CCCCNC(=O)N1CCN(C(=O)C(NC(=O)c2ccc3ccccc3c2)C(C)CC)CC1C. The molecule has 7 heteroatoms. The van der Waals surface area contributed by atoms with E-state index in [2.05, 4.69) is 17.6 Å². The number of piperazine rings is 1. The van der Waals surface area contributed by atoms with Crippen molar-refractivity contribution in [3.8, 4) is 0 Å². The van der Waals surface area contributed by atoms with Crippen LogP contribution < -0.4 is 10.6 Å². The van der Waals surface area contributed by atoms with Crippen molar-refractivity contribution in [3.05, 3.63) is 48.0 Å². The number of benzene rings is 2. The largest absolute Gasteiger partial charge is 0.340 e. The third kappa shape index (κ3) is 6.07. The van der Waals surface area contributed by atoms with Gasteiger partial charge in [0, 0.05) is 37.8 Å². The van der Waals surface area contributed by atoms with E-state index in [0.717, 1.165) is 30.0 Å². The van der Waals surface area contributed by atoms with Gasteiger partial charge in [-0.2, -0.15) is 0 Å². The molecule has 1 saturated heterocycles. The molecule has 0 aliphatic carbocycles. The first kappa shape index (κ1) is 25.5. The molecule has 3 atom stereocenters. The first-order valence-electron chi connectivity index (χ1n) is 12.5. The highest BCUT2D eigenvalue weighted by atomic mass is 16.2. The Morgan fingerprint density at radius 1 is 1.06 bits per heavy atom. The highest BCUT2D eigenvalue weighted by Crippen LogP contribution is 2.19. The Hall–Kier alpha value is -3.09. The lowest BCUT2D eigenvalue weighted by atomic mass is 9.96. The summed E-state index contributed by atoms with van der Waals surface area (Å²) in [5, 5.41) is 8.03. The number of carbonyl (C=O) groups excluding carboxylic acids is 3. The number of urea groups is 1. The number of nitrogens with zero attached hydrogens (tertiary/aromatic N) is 2. The molecule has 2 aromatic rings. The molecule has 3 rings (SSSR count). The van der Waals surface area contributed by atoms with Gasteiger partial charge in [0.2, 0.25) is 5.91 Å². The van der Waals surface area contributed by atoms with Crippen LogP contribution in [0.1, 0.15) is 57.3 Å². The van der Waals surface area contributed by atoms with E-state index in [1.54, 1.807) is 15.9 Å². The molecule has 1 aliphatic rings. The molecule has 2 N–H and O–H groups in total. The van der Waals surface area contributed by atoms with E-state index < -0.39 is 6.04 Å². The molecule has 1 aliphatic heterocycles. The highest BCUT2D eigenvalue weighted by molar-refractivity contribution is 6.00. The summed E-state index contributed by atoms with van der Waals surface area (Å²) in [5.74, 6) is -0.338. The number of hydrogen-bond donors (Lipinski definition) is 2.